The summed E-state index contributed by atoms with van der Waals surface area (Å²) >= 11 is 0. The van der Waals surface area contributed by atoms with Crippen molar-refractivity contribution in [1.82, 2.24) is 4.90 Å². The first kappa shape index (κ1) is 23.2. The Morgan fingerprint density at radius 1 is 1.03 bits per heavy atom. The summed E-state index contributed by atoms with van der Waals surface area (Å²) in [6, 6.07) is 13.8. The molecule has 6 heteroatoms. The SMILES string of the molecule is Cc1cccc(C)c1OCC(C)CCN(C)CCc1ccc(NS(C)(=O)=O)cc1. The maximum absolute atomic E-state index is 11.3. The fourth-order valence-electron chi connectivity index (χ4n) is 3.16. The maximum atomic E-state index is 11.3. The molecule has 160 valence electrons. The Kier molecular flexibility index (Phi) is 8.53. The largest absolute Gasteiger partial charge is 0.493 e. The maximum Gasteiger partial charge on any atom is 0.229 e. The molecule has 0 radical (unpaired) electrons. The molecule has 2 aromatic carbocycles. The van der Waals surface area contributed by atoms with Crippen molar-refractivity contribution in [1.29, 1.82) is 0 Å². The van der Waals surface area contributed by atoms with Crippen LogP contribution in [0.25, 0.3) is 0 Å². The average molecular weight is 419 g/mol. The van der Waals surface area contributed by atoms with Crippen molar-refractivity contribution >= 4 is 15.7 Å². The summed E-state index contributed by atoms with van der Waals surface area (Å²) in [4.78, 5) is 2.33. The quantitative estimate of drug-likeness (QED) is 0.593. The highest BCUT2D eigenvalue weighted by Gasteiger charge is 2.09. The Bertz CT molecular complexity index is 859. The van der Waals surface area contributed by atoms with Gasteiger partial charge in [0.05, 0.1) is 12.9 Å². The molecule has 0 bridgehead atoms. The van der Waals surface area contributed by atoms with Gasteiger partial charge in [0, 0.05) is 12.2 Å². The first-order valence-electron chi connectivity index (χ1n) is 10.1. The highest BCUT2D eigenvalue weighted by atomic mass is 32.2. The molecular weight excluding hydrogens is 384 g/mol. The zero-order valence-electron chi connectivity index (χ0n) is 18.2. The molecule has 1 N–H and O–H groups in total. The molecule has 1 unspecified atom stereocenters. The molecule has 1 atom stereocenters. The topological polar surface area (TPSA) is 58.6 Å². The summed E-state index contributed by atoms with van der Waals surface area (Å²) < 4.78 is 31.1. The van der Waals surface area contributed by atoms with Crippen LogP contribution in [-0.4, -0.2) is 46.3 Å². The summed E-state index contributed by atoms with van der Waals surface area (Å²) in [6.07, 6.45) is 3.17. The summed E-state index contributed by atoms with van der Waals surface area (Å²) in [5.74, 6) is 1.50. The molecule has 0 heterocycles. The van der Waals surface area contributed by atoms with Crippen molar-refractivity contribution < 1.29 is 13.2 Å². The second-order valence-electron chi connectivity index (χ2n) is 8.05. The van der Waals surface area contributed by atoms with E-state index in [2.05, 4.69) is 55.6 Å². The monoisotopic (exact) mass is 418 g/mol. The average Bonchev–Trinajstić information content (AvgIpc) is 2.64. The van der Waals surface area contributed by atoms with Gasteiger partial charge >= 0.3 is 0 Å². The predicted molar refractivity (Wildman–Crippen MR) is 121 cm³/mol. The molecule has 0 saturated heterocycles. The lowest BCUT2D eigenvalue weighted by atomic mass is 10.1. The molecule has 0 aliphatic rings. The van der Waals surface area contributed by atoms with E-state index < -0.39 is 10.0 Å². The lowest BCUT2D eigenvalue weighted by Crippen LogP contribution is -2.25. The van der Waals surface area contributed by atoms with Crippen LogP contribution in [0.3, 0.4) is 0 Å². The zero-order valence-corrected chi connectivity index (χ0v) is 19.1. The fourth-order valence-corrected chi connectivity index (χ4v) is 3.73. The van der Waals surface area contributed by atoms with Crippen LogP contribution in [0.5, 0.6) is 5.75 Å². The van der Waals surface area contributed by atoms with Crippen LogP contribution in [0, 0.1) is 19.8 Å². The molecule has 0 amide bonds. The first-order chi connectivity index (χ1) is 13.6. The highest BCUT2D eigenvalue weighted by Crippen LogP contribution is 2.23. The number of nitrogens with one attached hydrogen (secondary N) is 1. The van der Waals surface area contributed by atoms with Crippen molar-refractivity contribution in [3.05, 3.63) is 59.2 Å². The van der Waals surface area contributed by atoms with Crippen LogP contribution in [0.1, 0.15) is 30.0 Å². The normalized spacial score (nSPS) is 12.8. The van der Waals surface area contributed by atoms with Gasteiger partial charge in [-0.25, -0.2) is 8.42 Å². The van der Waals surface area contributed by atoms with Gasteiger partial charge in [-0.15, -0.1) is 0 Å². The summed E-state index contributed by atoms with van der Waals surface area (Å²) in [7, 11) is -1.09. The number of hydrogen-bond acceptors (Lipinski definition) is 4. The number of benzene rings is 2. The molecule has 2 rings (SSSR count). The summed E-state index contributed by atoms with van der Waals surface area (Å²) in [6.45, 7) is 9.12. The smallest absolute Gasteiger partial charge is 0.229 e. The molecule has 0 spiro atoms. The second kappa shape index (κ2) is 10.6. The Labute approximate surface area is 176 Å². The van der Waals surface area contributed by atoms with E-state index in [0.29, 0.717) is 11.6 Å². The van der Waals surface area contributed by atoms with Gasteiger partial charge in [0.15, 0.2) is 0 Å². The number of anilines is 1. The molecule has 0 fully saturated rings. The van der Waals surface area contributed by atoms with Gasteiger partial charge < -0.3 is 9.64 Å². The number of para-hydroxylation sites is 1. The summed E-state index contributed by atoms with van der Waals surface area (Å²) in [5, 5.41) is 0. The molecule has 0 aromatic heterocycles. The van der Waals surface area contributed by atoms with Crippen molar-refractivity contribution in [2.45, 2.75) is 33.6 Å². The third-order valence-corrected chi connectivity index (χ3v) is 5.57. The van der Waals surface area contributed by atoms with E-state index >= 15 is 0 Å². The van der Waals surface area contributed by atoms with Gasteiger partial charge in [0.2, 0.25) is 10.0 Å². The molecule has 0 saturated carbocycles. The lowest BCUT2D eigenvalue weighted by molar-refractivity contribution is 0.227. The molecule has 0 aliphatic carbocycles. The molecule has 29 heavy (non-hydrogen) atoms. The van der Waals surface area contributed by atoms with Crippen molar-refractivity contribution in [2.24, 2.45) is 5.92 Å². The van der Waals surface area contributed by atoms with E-state index in [9.17, 15) is 8.42 Å². The Morgan fingerprint density at radius 2 is 1.66 bits per heavy atom. The van der Waals surface area contributed by atoms with Gasteiger partial charge in [-0.3, -0.25) is 4.72 Å². The third-order valence-electron chi connectivity index (χ3n) is 4.96. The minimum absolute atomic E-state index is 0.484. The van der Waals surface area contributed by atoms with Crippen LogP contribution in [-0.2, 0) is 16.4 Å². The van der Waals surface area contributed by atoms with Crippen molar-refractivity contribution in [3.63, 3.8) is 0 Å². The number of nitrogens with zero attached hydrogens (tertiary/aromatic N) is 1. The highest BCUT2D eigenvalue weighted by molar-refractivity contribution is 7.92. The first-order valence-corrected chi connectivity index (χ1v) is 12.0. The lowest BCUT2D eigenvalue weighted by Gasteiger charge is -2.20. The summed E-state index contributed by atoms with van der Waals surface area (Å²) in [5.41, 5.74) is 4.17. The fraction of sp³-hybridized carbons (Fsp3) is 0.478. The number of hydrogen-bond donors (Lipinski definition) is 1. The zero-order chi connectivity index (χ0) is 21.4. The van der Waals surface area contributed by atoms with Crippen molar-refractivity contribution in [2.75, 3.05) is 37.7 Å². The standard InChI is InChI=1S/C23H34N2O3S/c1-18(17-28-23-19(2)7-6-8-20(23)3)13-15-25(4)16-14-21-9-11-22(12-10-21)24-29(5,26)27/h6-12,18,24H,13-17H2,1-5H3. The van der Waals surface area contributed by atoms with E-state index in [0.717, 1.165) is 44.5 Å². The van der Waals surface area contributed by atoms with Crippen molar-refractivity contribution in [3.8, 4) is 5.75 Å². The second-order valence-corrected chi connectivity index (χ2v) is 9.80. The number of aryl methyl sites for hydroxylation is 2. The van der Waals surface area contributed by atoms with Crippen LogP contribution < -0.4 is 9.46 Å². The third kappa shape index (κ3) is 8.46. The number of likely N-dealkylation sites (N-methyl/N-ethyl adjacent to an activating group) is 1. The van der Waals surface area contributed by atoms with E-state index in [1.54, 1.807) is 0 Å². The van der Waals surface area contributed by atoms with Crippen LogP contribution in [0.2, 0.25) is 0 Å². The molecule has 2 aromatic rings. The molecular formula is C23H34N2O3S. The van der Waals surface area contributed by atoms with E-state index in [1.165, 1.54) is 16.7 Å². The Hall–Kier alpha value is -2.05. The van der Waals surface area contributed by atoms with Crippen LogP contribution in [0.15, 0.2) is 42.5 Å². The number of ether oxygens (including phenoxy) is 1. The Balaban J connectivity index is 1.70. The van der Waals surface area contributed by atoms with E-state index in [-0.39, 0.29) is 0 Å². The molecule has 5 nitrogen and oxygen atoms in total. The minimum atomic E-state index is -3.23. The Morgan fingerprint density at radius 3 is 2.24 bits per heavy atom. The molecule has 0 aliphatic heterocycles. The van der Waals surface area contributed by atoms with Gasteiger partial charge in [0.1, 0.15) is 5.75 Å². The van der Waals surface area contributed by atoms with E-state index in [1.807, 2.05) is 24.3 Å². The van der Waals surface area contributed by atoms with Gasteiger partial charge in [-0.2, -0.15) is 0 Å². The van der Waals surface area contributed by atoms with Gasteiger partial charge in [0.25, 0.3) is 0 Å². The predicted octanol–water partition coefficient (Wildman–Crippen LogP) is 4.25. The number of rotatable bonds is 11. The number of sulfonamides is 1. The van der Waals surface area contributed by atoms with E-state index in [4.69, 9.17) is 4.74 Å². The van der Waals surface area contributed by atoms with Crippen LogP contribution >= 0.6 is 0 Å². The minimum Gasteiger partial charge on any atom is -0.493 e. The van der Waals surface area contributed by atoms with Crippen LogP contribution in [0.4, 0.5) is 5.69 Å². The van der Waals surface area contributed by atoms with Gasteiger partial charge in [-0.05, 0) is 75.0 Å². The van der Waals surface area contributed by atoms with Gasteiger partial charge in [-0.1, -0.05) is 37.3 Å².